The number of anilines is 1. The normalized spacial score (nSPS) is 11.3. The Kier molecular flexibility index (Phi) is 5.27. The Morgan fingerprint density at radius 2 is 1.85 bits per heavy atom. The fourth-order valence-corrected chi connectivity index (χ4v) is 3.98. The van der Waals surface area contributed by atoms with Gasteiger partial charge in [-0.05, 0) is 31.2 Å². The number of amides is 1. The van der Waals surface area contributed by atoms with Crippen LogP contribution in [-0.2, 0) is 22.1 Å². The van der Waals surface area contributed by atoms with Crippen molar-refractivity contribution >= 4 is 21.4 Å². The second-order valence-electron chi connectivity index (χ2n) is 5.84. The van der Waals surface area contributed by atoms with Crippen LogP contribution in [0.2, 0.25) is 0 Å². The Hall–Kier alpha value is -3.13. The molecule has 140 valence electrons. The van der Waals surface area contributed by atoms with E-state index in [0.717, 1.165) is 0 Å². The number of pyridine rings is 1. The largest absolute Gasteiger partial charge is 0.459 e. The van der Waals surface area contributed by atoms with Crippen LogP contribution in [0.5, 0.6) is 0 Å². The highest BCUT2D eigenvalue weighted by Crippen LogP contribution is 2.20. The Morgan fingerprint density at radius 1 is 1.11 bits per heavy atom. The van der Waals surface area contributed by atoms with Crippen LogP contribution in [0.15, 0.2) is 75.1 Å². The number of nitrogens with zero attached hydrogens (tertiary/aromatic N) is 1. The first-order valence-electron chi connectivity index (χ1n) is 8.26. The van der Waals surface area contributed by atoms with Crippen molar-refractivity contribution < 1.29 is 17.6 Å². The third-order valence-corrected chi connectivity index (χ3v) is 5.66. The van der Waals surface area contributed by atoms with E-state index in [-0.39, 0.29) is 27.5 Å². The molecule has 1 N–H and O–H groups in total. The molecule has 0 fully saturated rings. The zero-order valence-electron chi connectivity index (χ0n) is 14.6. The Labute approximate surface area is 156 Å². The Morgan fingerprint density at radius 3 is 2.56 bits per heavy atom. The number of benzene rings is 1. The maximum Gasteiger partial charge on any atom is 0.291 e. The van der Waals surface area contributed by atoms with Gasteiger partial charge in [-0.25, -0.2) is 8.42 Å². The predicted octanol–water partition coefficient (Wildman–Crippen LogP) is 2.69. The fourth-order valence-electron chi connectivity index (χ4n) is 2.60. The number of rotatable bonds is 6. The molecule has 0 spiro atoms. The van der Waals surface area contributed by atoms with Gasteiger partial charge in [-0.15, -0.1) is 0 Å². The lowest BCUT2D eigenvalue weighted by Crippen LogP contribution is -2.20. The summed E-state index contributed by atoms with van der Waals surface area (Å²) in [6.45, 7) is 2.27. The topological polar surface area (TPSA) is 98.4 Å². The monoisotopic (exact) mass is 386 g/mol. The van der Waals surface area contributed by atoms with Crippen molar-refractivity contribution in [1.82, 2.24) is 4.57 Å². The van der Waals surface area contributed by atoms with E-state index in [1.807, 2.05) is 6.92 Å². The van der Waals surface area contributed by atoms with Crippen LogP contribution >= 0.6 is 0 Å². The second kappa shape index (κ2) is 7.63. The molecule has 0 radical (unpaired) electrons. The molecule has 2 aromatic heterocycles. The molecule has 0 bridgehead atoms. The smallest absolute Gasteiger partial charge is 0.291 e. The van der Waals surface area contributed by atoms with Crippen LogP contribution in [0.3, 0.4) is 0 Å². The highest BCUT2D eigenvalue weighted by atomic mass is 32.2. The molecule has 7 nitrogen and oxygen atoms in total. The molecule has 0 saturated heterocycles. The first kappa shape index (κ1) is 18.7. The summed E-state index contributed by atoms with van der Waals surface area (Å²) in [6.07, 6.45) is 2.79. The highest BCUT2D eigenvalue weighted by molar-refractivity contribution is 7.90. The van der Waals surface area contributed by atoms with Gasteiger partial charge in [-0.3, -0.25) is 9.59 Å². The second-order valence-corrected chi connectivity index (χ2v) is 7.83. The van der Waals surface area contributed by atoms with Gasteiger partial charge in [-0.1, -0.05) is 18.2 Å². The van der Waals surface area contributed by atoms with Crippen molar-refractivity contribution in [3.05, 3.63) is 82.7 Å². The lowest BCUT2D eigenvalue weighted by Gasteiger charge is -2.08. The van der Waals surface area contributed by atoms with Gasteiger partial charge in [-0.2, -0.15) is 0 Å². The first-order valence-corrected chi connectivity index (χ1v) is 9.92. The van der Waals surface area contributed by atoms with Gasteiger partial charge in [0.25, 0.3) is 11.5 Å². The SMILES string of the molecule is CCn1cc(NC(=O)c2occc2CS(=O)(=O)c2ccccc2)ccc1=O. The van der Waals surface area contributed by atoms with Gasteiger partial charge in [0.1, 0.15) is 0 Å². The molecule has 0 atom stereocenters. The minimum Gasteiger partial charge on any atom is -0.459 e. The number of carbonyl (C=O) groups excluding carboxylic acids is 1. The van der Waals surface area contributed by atoms with Gasteiger partial charge >= 0.3 is 0 Å². The van der Waals surface area contributed by atoms with E-state index in [2.05, 4.69) is 5.32 Å². The third-order valence-electron chi connectivity index (χ3n) is 3.98. The summed E-state index contributed by atoms with van der Waals surface area (Å²) in [4.78, 5) is 24.3. The molecule has 0 saturated carbocycles. The molecular formula is C19H18N2O5S. The summed E-state index contributed by atoms with van der Waals surface area (Å²) in [5.41, 5.74) is 0.498. The van der Waals surface area contributed by atoms with E-state index < -0.39 is 15.7 Å². The van der Waals surface area contributed by atoms with Gasteiger partial charge < -0.3 is 14.3 Å². The molecule has 3 rings (SSSR count). The number of aromatic nitrogens is 1. The van der Waals surface area contributed by atoms with Crippen molar-refractivity contribution in [1.29, 1.82) is 0 Å². The summed E-state index contributed by atoms with van der Waals surface area (Å²) in [5, 5.41) is 2.62. The number of nitrogens with one attached hydrogen (secondary N) is 1. The van der Waals surface area contributed by atoms with Gasteiger partial charge in [0.2, 0.25) is 0 Å². The van der Waals surface area contributed by atoms with Crippen molar-refractivity contribution in [3.8, 4) is 0 Å². The summed E-state index contributed by atoms with van der Waals surface area (Å²) < 4.78 is 31.7. The number of carbonyl (C=O) groups is 1. The van der Waals surface area contributed by atoms with Crippen LogP contribution < -0.4 is 10.9 Å². The van der Waals surface area contributed by atoms with E-state index in [4.69, 9.17) is 4.42 Å². The van der Waals surface area contributed by atoms with Crippen LogP contribution in [0.1, 0.15) is 23.0 Å². The van der Waals surface area contributed by atoms with Crippen molar-refractivity contribution in [2.24, 2.45) is 0 Å². The number of aryl methyl sites for hydroxylation is 1. The fraction of sp³-hybridized carbons (Fsp3) is 0.158. The maximum absolute atomic E-state index is 12.5. The van der Waals surface area contributed by atoms with E-state index in [1.165, 1.54) is 47.4 Å². The molecule has 8 heteroatoms. The van der Waals surface area contributed by atoms with Gasteiger partial charge in [0.15, 0.2) is 15.6 Å². The molecule has 27 heavy (non-hydrogen) atoms. The molecule has 0 aliphatic heterocycles. The van der Waals surface area contributed by atoms with Crippen molar-refractivity contribution in [3.63, 3.8) is 0 Å². The average Bonchev–Trinajstić information content (AvgIpc) is 3.11. The maximum atomic E-state index is 12.5. The quantitative estimate of drug-likeness (QED) is 0.702. The lowest BCUT2D eigenvalue weighted by molar-refractivity contribution is 0.0995. The van der Waals surface area contributed by atoms with E-state index >= 15 is 0 Å². The number of sulfone groups is 1. The minimum atomic E-state index is -3.61. The molecule has 1 aromatic carbocycles. The van der Waals surface area contributed by atoms with Crippen LogP contribution in [-0.4, -0.2) is 18.9 Å². The average molecular weight is 386 g/mol. The van der Waals surface area contributed by atoms with Gasteiger partial charge in [0, 0.05) is 24.4 Å². The molecule has 0 unspecified atom stereocenters. The third kappa shape index (κ3) is 4.17. The summed E-state index contributed by atoms with van der Waals surface area (Å²) in [7, 11) is -3.61. The summed E-state index contributed by atoms with van der Waals surface area (Å²) >= 11 is 0. The first-order chi connectivity index (χ1) is 12.9. The van der Waals surface area contributed by atoms with Crippen molar-refractivity contribution in [2.45, 2.75) is 24.1 Å². The summed E-state index contributed by atoms with van der Waals surface area (Å²) in [5.74, 6) is -1.02. The molecule has 3 aromatic rings. The highest BCUT2D eigenvalue weighted by Gasteiger charge is 2.22. The molecular weight excluding hydrogens is 368 g/mol. The zero-order chi connectivity index (χ0) is 19.4. The van der Waals surface area contributed by atoms with Crippen LogP contribution in [0.25, 0.3) is 0 Å². The van der Waals surface area contributed by atoms with E-state index in [1.54, 1.807) is 18.2 Å². The molecule has 1 amide bonds. The van der Waals surface area contributed by atoms with Crippen molar-refractivity contribution in [2.75, 3.05) is 5.32 Å². The number of hydrogen-bond acceptors (Lipinski definition) is 5. The number of hydrogen-bond donors (Lipinski definition) is 1. The zero-order valence-corrected chi connectivity index (χ0v) is 15.4. The molecule has 2 heterocycles. The lowest BCUT2D eigenvalue weighted by atomic mass is 10.2. The van der Waals surface area contributed by atoms with E-state index in [0.29, 0.717) is 12.2 Å². The Bertz CT molecular complexity index is 1110. The summed E-state index contributed by atoms with van der Waals surface area (Å²) in [6, 6.07) is 12.3. The number of furan rings is 1. The Balaban J connectivity index is 1.82. The molecule has 0 aliphatic carbocycles. The van der Waals surface area contributed by atoms with Crippen LogP contribution in [0, 0.1) is 0 Å². The predicted molar refractivity (Wildman–Crippen MR) is 100 cm³/mol. The van der Waals surface area contributed by atoms with E-state index in [9.17, 15) is 18.0 Å². The van der Waals surface area contributed by atoms with Crippen LogP contribution in [0.4, 0.5) is 5.69 Å². The minimum absolute atomic E-state index is 0.0799. The molecule has 0 aliphatic rings. The van der Waals surface area contributed by atoms with Gasteiger partial charge in [0.05, 0.1) is 22.6 Å². The standard InChI is InChI=1S/C19H18N2O5S/c1-2-21-12-15(8-9-17(21)22)20-19(23)18-14(10-11-26-18)13-27(24,25)16-6-4-3-5-7-16/h3-12H,2,13H2,1H3,(H,20,23).